The summed E-state index contributed by atoms with van der Waals surface area (Å²) in [6.45, 7) is 1.89. The molecule has 1 atom stereocenters. The number of nitriles is 1. The number of halogens is 1. The van der Waals surface area contributed by atoms with Gasteiger partial charge in [0.2, 0.25) is 0 Å². The maximum Gasteiger partial charge on any atom is 0.262 e. The van der Waals surface area contributed by atoms with Gasteiger partial charge in [0.15, 0.2) is 0 Å². The van der Waals surface area contributed by atoms with E-state index in [1.165, 1.54) is 11.3 Å². The molecule has 0 saturated heterocycles. The van der Waals surface area contributed by atoms with Gasteiger partial charge in [0.05, 0.1) is 6.04 Å². The van der Waals surface area contributed by atoms with E-state index >= 15 is 0 Å². The Kier molecular flexibility index (Phi) is 5.32. The van der Waals surface area contributed by atoms with Crippen LogP contribution in [0.2, 0.25) is 0 Å². The van der Waals surface area contributed by atoms with Crippen molar-refractivity contribution in [2.75, 3.05) is 0 Å². The summed E-state index contributed by atoms with van der Waals surface area (Å²) in [6.07, 6.45) is 1.60. The number of carbonyl (C=O) groups excluding carboxylic acids is 1. The zero-order valence-corrected chi connectivity index (χ0v) is 13.7. The van der Waals surface area contributed by atoms with Crippen molar-refractivity contribution in [2.45, 2.75) is 13.0 Å². The van der Waals surface area contributed by atoms with Crippen LogP contribution >= 0.6 is 27.3 Å². The smallest absolute Gasteiger partial charge is 0.262 e. The summed E-state index contributed by atoms with van der Waals surface area (Å²) in [4.78, 5) is 13.0. The molecule has 2 rings (SSSR count). The molecule has 1 aromatic carbocycles. The first-order valence-corrected chi connectivity index (χ1v) is 7.99. The van der Waals surface area contributed by atoms with Crippen molar-refractivity contribution >= 4 is 39.2 Å². The molecule has 0 saturated carbocycles. The van der Waals surface area contributed by atoms with Crippen molar-refractivity contribution in [2.24, 2.45) is 0 Å². The number of amides is 1. The van der Waals surface area contributed by atoms with Crippen LogP contribution in [0, 0.1) is 11.3 Å². The summed E-state index contributed by atoms with van der Waals surface area (Å²) < 4.78 is 0.939. The lowest BCUT2D eigenvalue weighted by atomic mass is 10.1. The molecule has 1 aromatic heterocycles. The Balaban J connectivity index is 2.11. The van der Waals surface area contributed by atoms with Crippen LogP contribution in [-0.4, -0.2) is 5.91 Å². The first kappa shape index (κ1) is 15.5. The lowest BCUT2D eigenvalue weighted by Gasteiger charge is -2.13. The van der Waals surface area contributed by atoms with Gasteiger partial charge in [-0.25, -0.2) is 0 Å². The Bertz CT molecular complexity index is 701. The Morgan fingerprint density at radius 1 is 1.43 bits per heavy atom. The van der Waals surface area contributed by atoms with Crippen molar-refractivity contribution in [3.8, 4) is 6.07 Å². The molecule has 1 amide bonds. The zero-order chi connectivity index (χ0) is 15.2. The molecule has 0 fully saturated rings. The van der Waals surface area contributed by atoms with E-state index in [9.17, 15) is 4.79 Å². The van der Waals surface area contributed by atoms with Gasteiger partial charge in [-0.1, -0.05) is 30.3 Å². The minimum absolute atomic E-state index is 0.104. The fourth-order valence-corrected chi connectivity index (χ4v) is 3.17. The summed E-state index contributed by atoms with van der Waals surface area (Å²) in [5, 5.41) is 13.9. The van der Waals surface area contributed by atoms with Crippen LogP contribution in [0.3, 0.4) is 0 Å². The number of benzene rings is 1. The highest BCUT2D eigenvalue weighted by molar-refractivity contribution is 9.10. The molecule has 0 aliphatic heterocycles. The second-order valence-electron chi connectivity index (χ2n) is 4.44. The van der Waals surface area contributed by atoms with E-state index in [2.05, 4.69) is 21.2 Å². The Labute approximate surface area is 136 Å². The van der Waals surface area contributed by atoms with E-state index in [-0.39, 0.29) is 17.5 Å². The average molecular weight is 361 g/mol. The highest BCUT2D eigenvalue weighted by Gasteiger charge is 2.13. The number of carbonyl (C=O) groups is 1. The van der Waals surface area contributed by atoms with Crippen LogP contribution in [0.4, 0.5) is 0 Å². The molecule has 1 heterocycles. The third-order valence-electron chi connectivity index (χ3n) is 2.89. The molecule has 2 aromatic rings. The molecule has 5 heteroatoms. The number of hydrogen-bond donors (Lipinski definition) is 1. The minimum atomic E-state index is -0.363. The summed E-state index contributed by atoms with van der Waals surface area (Å²) in [7, 11) is 0. The van der Waals surface area contributed by atoms with Crippen LogP contribution in [0.5, 0.6) is 0 Å². The maximum atomic E-state index is 12.2. The Hall–Kier alpha value is -1.90. The van der Waals surface area contributed by atoms with E-state index in [0.717, 1.165) is 14.9 Å². The average Bonchev–Trinajstić information content (AvgIpc) is 2.90. The number of hydrogen-bond acceptors (Lipinski definition) is 3. The van der Waals surface area contributed by atoms with Crippen LogP contribution < -0.4 is 5.32 Å². The molecule has 0 bridgehead atoms. The predicted octanol–water partition coefficient (Wildman–Crippen LogP) is 4.29. The summed E-state index contributed by atoms with van der Waals surface area (Å²) >= 11 is 4.82. The summed E-state index contributed by atoms with van der Waals surface area (Å²) in [6, 6.07) is 13.3. The van der Waals surface area contributed by atoms with Crippen molar-refractivity contribution in [3.63, 3.8) is 0 Å². The van der Waals surface area contributed by atoms with Gasteiger partial charge < -0.3 is 5.32 Å². The van der Waals surface area contributed by atoms with Gasteiger partial charge >= 0.3 is 0 Å². The van der Waals surface area contributed by atoms with Gasteiger partial charge in [-0.2, -0.15) is 5.26 Å². The molecule has 0 radical (unpaired) electrons. The van der Waals surface area contributed by atoms with Crippen molar-refractivity contribution in [1.29, 1.82) is 5.26 Å². The Morgan fingerprint density at radius 3 is 2.71 bits per heavy atom. The van der Waals surface area contributed by atoms with Crippen molar-refractivity contribution < 1.29 is 4.79 Å². The molecule has 106 valence electrons. The fraction of sp³-hybridized carbons (Fsp3) is 0.125. The fourth-order valence-electron chi connectivity index (χ4n) is 1.79. The van der Waals surface area contributed by atoms with Gasteiger partial charge in [0, 0.05) is 14.7 Å². The molecule has 1 N–H and O–H groups in total. The topological polar surface area (TPSA) is 52.9 Å². The first-order chi connectivity index (χ1) is 10.1. The lowest BCUT2D eigenvalue weighted by Crippen LogP contribution is -2.27. The van der Waals surface area contributed by atoms with Crippen LogP contribution in [0.15, 0.2) is 51.8 Å². The van der Waals surface area contributed by atoms with Crippen LogP contribution in [0.1, 0.15) is 23.4 Å². The molecule has 0 spiro atoms. The van der Waals surface area contributed by atoms with E-state index < -0.39 is 0 Å². The van der Waals surface area contributed by atoms with Gasteiger partial charge in [0.25, 0.3) is 5.91 Å². The normalized spacial score (nSPS) is 12.5. The molecule has 21 heavy (non-hydrogen) atoms. The molecule has 3 nitrogen and oxygen atoms in total. The first-order valence-electron chi connectivity index (χ1n) is 6.32. The second kappa shape index (κ2) is 7.21. The summed E-state index contributed by atoms with van der Waals surface area (Å²) in [5.41, 5.74) is 1.11. The highest BCUT2D eigenvalue weighted by Crippen LogP contribution is 2.22. The second-order valence-corrected chi connectivity index (χ2v) is 6.30. The van der Waals surface area contributed by atoms with E-state index in [1.807, 2.05) is 54.8 Å². The largest absolute Gasteiger partial charge is 0.345 e. The van der Waals surface area contributed by atoms with Gasteiger partial charge in [-0.05, 0) is 40.6 Å². The molecule has 0 aliphatic carbocycles. The van der Waals surface area contributed by atoms with Gasteiger partial charge in [-0.3, -0.25) is 4.79 Å². The third-order valence-corrected chi connectivity index (χ3v) is 4.53. The number of thiophene rings is 1. The molecule has 0 unspecified atom stereocenters. The zero-order valence-electron chi connectivity index (χ0n) is 11.3. The van der Waals surface area contributed by atoms with E-state index in [4.69, 9.17) is 5.26 Å². The number of rotatable bonds is 4. The predicted molar refractivity (Wildman–Crippen MR) is 88.6 cm³/mol. The standard InChI is InChI=1S/C16H13BrN2OS/c1-11(12-5-3-2-4-6-12)19-16(20)13(9-18)7-15-8-14(17)10-21-15/h2-8,10-11H,1H3,(H,19,20)/b13-7-/t11-/m0/s1. The molecular weight excluding hydrogens is 348 g/mol. The van der Waals surface area contributed by atoms with Crippen LogP contribution in [-0.2, 0) is 4.79 Å². The third kappa shape index (κ3) is 4.28. The van der Waals surface area contributed by atoms with E-state index in [0.29, 0.717) is 0 Å². The lowest BCUT2D eigenvalue weighted by molar-refractivity contribution is -0.117. The highest BCUT2D eigenvalue weighted by atomic mass is 79.9. The van der Waals surface area contributed by atoms with Crippen molar-refractivity contribution in [1.82, 2.24) is 5.32 Å². The number of nitrogens with one attached hydrogen (secondary N) is 1. The van der Waals surface area contributed by atoms with Crippen molar-refractivity contribution in [3.05, 3.63) is 62.3 Å². The monoisotopic (exact) mass is 360 g/mol. The summed E-state index contributed by atoms with van der Waals surface area (Å²) in [5.74, 6) is -0.363. The molecule has 0 aliphatic rings. The minimum Gasteiger partial charge on any atom is -0.345 e. The quantitative estimate of drug-likeness (QED) is 0.652. The maximum absolute atomic E-state index is 12.2. The Morgan fingerprint density at radius 2 is 2.14 bits per heavy atom. The van der Waals surface area contributed by atoms with Gasteiger partial charge in [0.1, 0.15) is 11.6 Å². The van der Waals surface area contributed by atoms with E-state index in [1.54, 1.807) is 6.08 Å². The van der Waals surface area contributed by atoms with Gasteiger partial charge in [-0.15, -0.1) is 11.3 Å². The molecular formula is C16H13BrN2OS. The number of nitrogens with zero attached hydrogens (tertiary/aromatic N) is 1. The van der Waals surface area contributed by atoms with Crippen LogP contribution in [0.25, 0.3) is 6.08 Å². The SMILES string of the molecule is C[C@H](NC(=O)/C(C#N)=C\c1cc(Br)cs1)c1ccccc1.